The van der Waals surface area contributed by atoms with Crippen LogP contribution >= 0.6 is 0 Å². The average Bonchev–Trinajstić information content (AvgIpc) is 3.47. The third-order valence-corrected chi connectivity index (χ3v) is 6.09. The number of nitrogens with zero attached hydrogens (tertiary/aromatic N) is 3. The number of benzene rings is 1. The number of nitrogens with one attached hydrogen (secondary N) is 1. The number of carbonyl (C=O) groups excluding carboxylic acids is 1. The Labute approximate surface area is 172 Å². The summed E-state index contributed by atoms with van der Waals surface area (Å²) < 4.78 is 7.81. The van der Waals surface area contributed by atoms with E-state index >= 15 is 0 Å². The molecule has 1 atom stereocenters. The van der Waals surface area contributed by atoms with Gasteiger partial charge in [-0.05, 0) is 57.2 Å². The van der Waals surface area contributed by atoms with E-state index in [1.807, 2.05) is 25.7 Å². The second-order valence-corrected chi connectivity index (χ2v) is 9.48. The summed E-state index contributed by atoms with van der Waals surface area (Å²) >= 11 is 0. The Kier molecular flexibility index (Phi) is 4.42. The van der Waals surface area contributed by atoms with E-state index < -0.39 is 5.60 Å². The van der Waals surface area contributed by atoms with Crippen molar-refractivity contribution in [2.45, 2.75) is 64.0 Å². The van der Waals surface area contributed by atoms with Crippen molar-refractivity contribution in [1.82, 2.24) is 20.0 Å². The van der Waals surface area contributed by atoms with E-state index in [4.69, 9.17) is 9.84 Å². The first-order chi connectivity index (χ1) is 13.9. The summed E-state index contributed by atoms with van der Waals surface area (Å²) in [7, 11) is 0. The highest BCUT2D eigenvalue weighted by atomic mass is 16.6. The van der Waals surface area contributed by atoms with Gasteiger partial charge in [-0.2, -0.15) is 5.10 Å². The van der Waals surface area contributed by atoms with Crippen LogP contribution in [-0.2, 0) is 17.6 Å². The summed E-state index contributed by atoms with van der Waals surface area (Å²) in [5.74, 6) is 0.759. The van der Waals surface area contributed by atoms with Crippen molar-refractivity contribution in [2.24, 2.45) is 0 Å². The largest absolute Gasteiger partial charge is 0.444 e. The van der Waals surface area contributed by atoms with Crippen molar-refractivity contribution < 1.29 is 9.53 Å². The van der Waals surface area contributed by atoms with E-state index in [0.29, 0.717) is 6.54 Å². The minimum absolute atomic E-state index is 0.0226. The lowest BCUT2D eigenvalue weighted by molar-refractivity contribution is 0.0142. The Morgan fingerprint density at radius 3 is 2.62 bits per heavy atom. The Bertz CT molecular complexity index is 922. The monoisotopic (exact) mass is 394 g/mol. The number of aromatic nitrogens is 2. The molecule has 1 aliphatic carbocycles. The number of carbonyl (C=O) groups is 1. The molecule has 1 saturated carbocycles. The van der Waals surface area contributed by atoms with Gasteiger partial charge in [0, 0.05) is 38.0 Å². The Morgan fingerprint density at radius 2 is 1.93 bits per heavy atom. The number of hydrogen-bond acceptors (Lipinski definition) is 4. The molecule has 0 spiro atoms. The van der Waals surface area contributed by atoms with E-state index in [0.717, 1.165) is 43.2 Å². The van der Waals surface area contributed by atoms with Crippen molar-refractivity contribution in [3.63, 3.8) is 0 Å². The zero-order valence-electron chi connectivity index (χ0n) is 17.6. The van der Waals surface area contributed by atoms with Crippen molar-refractivity contribution >= 4 is 6.09 Å². The fraction of sp³-hybridized carbons (Fsp3) is 0.565. The maximum absolute atomic E-state index is 12.9. The van der Waals surface area contributed by atoms with Crippen molar-refractivity contribution in [3.8, 4) is 5.69 Å². The lowest BCUT2D eigenvalue weighted by Gasteiger charge is -2.36. The van der Waals surface area contributed by atoms with Crippen LogP contribution in [0.2, 0.25) is 0 Å². The molecule has 2 aromatic rings. The van der Waals surface area contributed by atoms with Crippen LogP contribution < -0.4 is 5.32 Å². The van der Waals surface area contributed by atoms with Gasteiger partial charge in [0.05, 0.1) is 23.1 Å². The van der Waals surface area contributed by atoms with Gasteiger partial charge in [-0.25, -0.2) is 9.48 Å². The van der Waals surface area contributed by atoms with E-state index in [1.54, 1.807) is 0 Å². The lowest BCUT2D eigenvalue weighted by atomic mass is 9.96. The van der Waals surface area contributed by atoms with Gasteiger partial charge < -0.3 is 10.1 Å². The molecule has 1 aromatic heterocycles. The van der Waals surface area contributed by atoms with Crippen LogP contribution in [0.3, 0.4) is 0 Å². The van der Waals surface area contributed by atoms with E-state index in [1.165, 1.54) is 29.7 Å². The predicted octanol–water partition coefficient (Wildman–Crippen LogP) is 3.73. The molecular formula is C23H30N4O2. The van der Waals surface area contributed by atoms with Crippen molar-refractivity contribution in [1.29, 1.82) is 0 Å². The average molecular weight is 395 g/mol. The van der Waals surface area contributed by atoms with Crippen LogP contribution in [-0.4, -0.2) is 46.0 Å². The molecule has 1 N–H and O–H groups in total. The highest BCUT2D eigenvalue weighted by Gasteiger charge is 2.39. The molecule has 3 heterocycles. The molecule has 3 aliphatic rings. The Morgan fingerprint density at radius 1 is 1.17 bits per heavy atom. The molecule has 2 aliphatic heterocycles. The minimum atomic E-state index is -0.494. The fourth-order valence-corrected chi connectivity index (χ4v) is 4.58. The van der Waals surface area contributed by atoms with Gasteiger partial charge in [0.1, 0.15) is 5.60 Å². The molecule has 1 amide bonds. The molecule has 1 aromatic carbocycles. The van der Waals surface area contributed by atoms with Crippen molar-refractivity contribution in [2.75, 3.05) is 19.6 Å². The summed E-state index contributed by atoms with van der Waals surface area (Å²) in [4.78, 5) is 14.8. The SMILES string of the molecule is CC(C)(C)OC(=O)N1CCc2c3c(nn2-c2ccc(C4CC4)cc2)CCNCC31. The quantitative estimate of drug-likeness (QED) is 0.843. The smallest absolute Gasteiger partial charge is 0.410 e. The zero-order chi connectivity index (χ0) is 20.2. The molecular weight excluding hydrogens is 364 g/mol. The molecule has 0 bridgehead atoms. The zero-order valence-corrected chi connectivity index (χ0v) is 17.6. The minimum Gasteiger partial charge on any atom is -0.444 e. The summed E-state index contributed by atoms with van der Waals surface area (Å²) in [6.45, 7) is 8.02. The molecule has 0 saturated heterocycles. The maximum atomic E-state index is 12.9. The highest BCUT2D eigenvalue weighted by Crippen LogP contribution is 2.40. The Balaban J connectivity index is 1.50. The van der Waals surface area contributed by atoms with Crippen LogP contribution in [0.15, 0.2) is 24.3 Å². The van der Waals surface area contributed by atoms with Gasteiger partial charge in [0.25, 0.3) is 0 Å². The molecule has 5 rings (SSSR count). The van der Waals surface area contributed by atoms with Crippen LogP contribution in [0.1, 0.15) is 68.1 Å². The second kappa shape index (κ2) is 6.87. The topological polar surface area (TPSA) is 59.4 Å². The molecule has 6 nitrogen and oxygen atoms in total. The molecule has 1 fully saturated rings. The molecule has 154 valence electrons. The fourth-order valence-electron chi connectivity index (χ4n) is 4.58. The number of ether oxygens (including phenoxy) is 1. The molecule has 29 heavy (non-hydrogen) atoms. The number of hydrogen-bond donors (Lipinski definition) is 1. The first kappa shape index (κ1) is 18.7. The third-order valence-electron chi connectivity index (χ3n) is 6.09. The van der Waals surface area contributed by atoms with Crippen LogP contribution in [0.4, 0.5) is 4.79 Å². The van der Waals surface area contributed by atoms with E-state index in [9.17, 15) is 4.79 Å². The maximum Gasteiger partial charge on any atom is 0.410 e. The highest BCUT2D eigenvalue weighted by molar-refractivity contribution is 5.70. The van der Waals surface area contributed by atoms with Gasteiger partial charge in [0.15, 0.2) is 0 Å². The summed E-state index contributed by atoms with van der Waals surface area (Å²) in [6.07, 6.45) is 4.08. The molecule has 0 radical (unpaired) electrons. The van der Waals surface area contributed by atoms with E-state index in [2.05, 4.69) is 34.3 Å². The first-order valence-electron chi connectivity index (χ1n) is 10.8. The van der Waals surface area contributed by atoms with Gasteiger partial charge in [0.2, 0.25) is 0 Å². The van der Waals surface area contributed by atoms with Crippen molar-refractivity contribution in [3.05, 3.63) is 46.8 Å². The van der Waals surface area contributed by atoms with Crippen LogP contribution in [0.5, 0.6) is 0 Å². The van der Waals surface area contributed by atoms with Crippen LogP contribution in [0, 0.1) is 0 Å². The van der Waals surface area contributed by atoms with Gasteiger partial charge in [-0.3, -0.25) is 4.90 Å². The lowest BCUT2D eigenvalue weighted by Crippen LogP contribution is -2.46. The van der Waals surface area contributed by atoms with Gasteiger partial charge in [-0.15, -0.1) is 0 Å². The van der Waals surface area contributed by atoms with Gasteiger partial charge in [-0.1, -0.05) is 12.1 Å². The predicted molar refractivity (Wildman–Crippen MR) is 111 cm³/mol. The standard InChI is InChI=1S/C23H30N4O2/c1-23(2,3)29-22(28)26-13-11-19-21-18(10-12-24-14-20(21)26)25-27(19)17-8-6-16(7-9-17)15-4-5-15/h6-9,15,20,24H,4-5,10-14H2,1-3H3. The first-order valence-corrected chi connectivity index (χ1v) is 10.8. The molecule has 6 heteroatoms. The van der Waals surface area contributed by atoms with E-state index in [-0.39, 0.29) is 12.1 Å². The summed E-state index contributed by atoms with van der Waals surface area (Å²) in [6, 6.07) is 8.88. The van der Waals surface area contributed by atoms with Crippen LogP contribution in [0.25, 0.3) is 5.69 Å². The molecule has 1 unspecified atom stereocenters. The normalized spacial score (nSPS) is 21.5. The van der Waals surface area contributed by atoms with Gasteiger partial charge >= 0.3 is 6.09 Å². The number of amides is 1. The third kappa shape index (κ3) is 3.54. The second-order valence-electron chi connectivity index (χ2n) is 9.48. The summed E-state index contributed by atoms with van der Waals surface area (Å²) in [5.41, 5.74) is 5.64. The summed E-state index contributed by atoms with van der Waals surface area (Å²) in [5, 5.41) is 8.48. The Hall–Kier alpha value is -2.34. The number of rotatable bonds is 2.